The van der Waals surface area contributed by atoms with Crippen LogP contribution in [0.2, 0.25) is 0 Å². The van der Waals surface area contributed by atoms with Crippen LogP contribution in [0.4, 0.5) is 26.3 Å². The van der Waals surface area contributed by atoms with Crippen molar-refractivity contribution in [3.63, 3.8) is 0 Å². The topological polar surface area (TPSA) is 33.0 Å². The van der Waals surface area contributed by atoms with Crippen molar-refractivity contribution < 1.29 is 31.1 Å². The van der Waals surface area contributed by atoms with Gasteiger partial charge >= 0.3 is 12.4 Å². The zero-order valence-corrected chi connectivity index (χ0v) is 12.4. The average molecular weight is 357 g/mol. The van der Waals surface area contributed by atoms with Gasteiger partial charge in [0.2, 0.25) is 5.60 Å². The van der Waals surface area contributed by atoms with Gasteiger partial charge in [0, 0.05) is 17.5 Å². The molecule has 1 unspecified atom stereocenters. The van der Waals surface area contributed by atoms with Crippen molar-refractivity contribution in [2.24, 2.45) is 0 Å². The third-order valence-corrected chi connectivity index (χ3v) is 4.03. The van der Waals surface area contributed by atoms with Crippen molar-refractivity contribution in [1.29, 1.82) is 5.26 Å². The van der Waals surface area contributed by atoms with E-state index in [9.17, 15) is 26.3 Å². The molecule has 0 radical (unpaired) electrons. The number of alkyl halides is 6. The molecular weight excluding hydrogens is 348 g/mol. The smallest absolute Gasteiger partial charge is 0.432 e. The highest BCUT2D eigenvalue weighted by Crippen LogP contribution is 2.51. The average Bonchev–Trinajstić information content (AvgIpc) is 2.93. The molecule has 0 aliphatic carbocycles. The van der Waals surface area contributed by atoms with Gasteiger partial charge in [-0.15, -0.1) is 0 Å². The lowest BCUT2D eigenvalue weighted by atomic mass is 9.87. The number of benzene rings is 2. The Morgan fingerprint density at radius 1 is 1.00 bits per heavy atom. The third kappa shape index (κ3) is 2.80. The van der Waals surface area contributed by atoms with Crippen LogP contribution < -0.4 is 4.74 Å². The van der Waals surface area contributed by atoms with Crippen molar-refractivity contribution in [3.8, 4) is 11.8 Å². The Morgan fingerprint density at radius 2 is 1.72 bits per heavy atom. The SMILES string of the molecule is N#Cc1ccc2c(c1)CC(c1cccc(C(F)(F)F)c1)(C(F)(F)F)O2. The van der Waals surface area contributed by atoms with Crippen molar-refractivity contribution in [2.75, 3.05) is 0 Å². The van der Waals surface area contributed by atoms with E-state index >= 15 is 0 Å². The van der Waals surface area contributed by atoms with Gasteiger partial charge in [-0.05, 0) is 30.3 Å². The highest BCUT2D eigenvalue weighted by Gasteiger charge is 2.61. The van der Waals surface area contributed by atoms with Crippen LogP contribution in [0.3, 0.4) is 0 Å². The van der Waals surface area contributed by atoms with Crippen LogP contribution in [0.5, 0.6) is 5.75 Å². The Labute approximate surface area is 138 Å². The maximum Gasteiger partial charge on any atom is 0.432 e. The summed E-state index contributed by atoms with van der Waals surface area (Å²) in [6.45, 7) is 0. The fourth-order valence-electron chi connectivity index (χ4n) is 2.81. The maximum atomic E-state index is 13.8. The van der Waals surface area contributed by atoms with Gasteiger partial charge in [0.15, 0.2) is 0 Å². The van der Waals surface area contributed by atoms with Crippen molar-refractivity contribution in [3.05, 3.63) is 64.7 Å². The molecule has 0 spiro atoms. The Bertz CT molecular complexity index is 865. The lowest BCUT2D eigenvalue weighted by Gasteiger charge is -2.32. The minimum atomic E-state index is -4.96. The zero-order chi connectivity index (χ0) is 18.5. The summed E-state index contributed by atoms with van der Waals surface area (Å²) < 4.78 is 85.2. The van der Waals surface area contributed by atoms with Crippen LogP contribution in [0, 0.1) is 11.3 Å². The number of rotatable bonds is 1. The zero-order valence-electron chi connectivity index (χ0n) is 12.4. The minimum absolute atomic E-state index is 0.103. The molecule has 1 aliphatic heterocycles. The number of halogens is 6. The summed E-state index contributed by atoms with van der Waals surface area (Å²) in [5.74, 6) is -0.103. The second kappa shape index (κ2) is 5.41. The minimum Gasteiger partial charge on any atom is -0.472 e. The van der Waals surface area contributed by atoms with Gasteiger partial charge in [0.25, 0.3) is 0 Å². The molecule has 0 saturated heterocycles. The van der Waals surface area contributed by atoms with E-state index in [4.69, 9.17) is 10.00 Å². The first-order chi connectivity index (χ1) is 11.6. The normalized spacial score (nSPS) is 19.9. The molecule has 8 heteroatoms. The number of hydrogen-bond acceptors (Lipinski definition) is 2. The van der Waals surface area contributed by atoms with Gasteiger partial charge in [-0.25, -0.2) is 0 Å². The summed E-state index contributed by atoms with van der Waals surface area (Å²) in [4.78, 5) is 0. The van der Waals surface area contributed by atoms with E-state index in [1.165, 1.54) is 18.2 Å². The molecular formula is C17H9F6NO. The van der Waals surface area contributed by atoms with Crippen LogP contribution in [0.25, 0.3) is 0 Å². The van der Waals surface area contributed by atoms with Crippen LogP contribution in [-0.4, -0.2) is 6.18 Å². The molecule has 130 valence electrons. The first kappa shape index (κ1) is 17.1. The molecule has 1 atom stereocenters. The van der Waals surface area contributed by atoms with E-state index in [-0.39, 0.29) is 16.9 Å². The number of fused-ring (bicyclic) bond motifs is 1. The highest BCUT2D eigenvalue weighted by atomic mass is 19.4. The Morgan fingerprint density at radius 3 is 2.32 bits per heavy atom. The van der Waals surface area contributed by atoms with E-state index in [2.05, 4.69) is 0 Å². The fraction of sp³-hybridized carbons (Fsp3) is 0.235. The van der Waals surface area contributed by atoms with Gasteiger partial charge in [-0.3, -0.25) is 0 Å². The molecule has 1 heterocycles. The molecule has 2 aromatic carbocycles. The number of nitriles is 1. The summed E-state index contributed by atoms with van der Waals surface area (Å²) in [6.07, 6.45) is -10.4. The van der Waals surface area contributed by atoms with E-state index in [0.29, 0.717) is 12.1 Å². The van der Waals surface area contributed by atoms with Crippen molar-refractivity contribution >= 4 is 0 Å². The van der Waals surface area contributed by atoms with Crippen LogP contribution in [-0.2, 0) is 18.2 Å². The summed E-state index contributed by atoms with van der Waals surface area (Å²) in [7, 11) is 0. The summed E-state index contributed by atoms with van der Waals surface area (Å²) in [6, 6.07) is 8.58. The quantitative estimate of drug-likeness (QED) is 0.675. The molecule has 0 fully saturated rings. The molecule has 0 amide bonds. The van der Waals surface area contributed by atoms with Crippen LogP contribution in [0.15, 0.2) is 42.5 Å². The predicted molar refractivity (Wildman–Crippen MR) is 74.7 cm³/mol. The molecule has 2 nitrogen and oxygen atoms in total. The predicted octanol–water partition coefficient (Wildman–Crippen LogP) is 4.97. The monoisotopic (exact) mass is 357 g/mol. The molecule has 3 rings (SSSR count). The molecule has 0 bridgehead atoms. The van der Waals surface area contributed by atoms with Gasteiger partial charge in [0.1, 0.15) is 5.75 Å². The Hall–Kier alpha value is -2.69. The van der Waals surface area contributed by atoms with Gasteiger partial charge in [0.05, 0.1) is 17.2 Å². The first-order valence-corrected chi connectivity index (χ1v) is 7.03. The Kier molecular flexibility index (Phi) is 3.71. The first-order valence-electron chi connectivity index (χ1n) is 7.03. The van der Waals surface area contributed by atoms with Crippen LogP contribution >= 0.6 is 0 Å². The van der Waals surface area contributed by atoms with E-state index in [0.717, 1.165) is 12.1 Å². The largest absolute Gasteiger partial charge is 0.472 e. The standard InChI is InChI=1S/C17H9F6NO/c18-16(19,20)13-3-1-2-12(7-13)15(17(21,22)23)8-11-6-10(9-24)4-5-14(11)25-15/h1-7H,8H2. The van der Waals surface area contributed by atoms with E-state index in [1.807, 2.05) is 0 Å². The number of hydrogen-bond donors (Lipinski definition) is 0. The molecule has 0 saturated carbocycles. The third-order valence-electron chi connectivity index (χ3n) is 4.03. The lowest BCUT2D eigenvalue weighted by molar-refractivity contribution is -0.248. The van der Waals surface area contributed by atoms with E-state index < -0.39 is 35.5 Å². The van der Waals surface area contributed by atoms with Crippen molar-refractivity contribution in [2.45, 2.75) is 24.4 Å². The summed E-state index contributed by atoms with van der Waals surface area (Å²) in [5, 5.41) is 8.86. The van der Waals surface area contributed by atoms with Gasteiger partial charge < -0.3 is 4.74 Å². The van der Waals surface area contributed by atoms with Gasteiger partial charge in [-0.2, -0.15) is 31.6 Å². The molecule has 0 aromatic heterocycles. The second-order valence-corrected chi connectivity index (χ2v) is 5.62. The number of ether oxygens (including phenoxy) is 1. The number of nitrogens with zero attached hydrogens (tertiary/aromatic N) is 1. The second-order valence-electron chi connectivity index (χ2n) is 5.62. The fourth-order valence-corrected chi connectivity index (χ4v) is 2.81. The van der Waals surface area contributed by atoms with E-state index in [1.54, 1.807) is 6.07 Å². The maximum absolute atomic E-state index is 13.8. The van der Waals surface area contributed by atoms with Crippen LogP contribution in [0.1, 0.15) is 22.3 Å². The van der Waals surface area contributed by atoms with Gasteiger partial charge in [-0.1, -0.05) is 12.1 Å². The lowest BCUT2D eigenvalue weighted by Crippen LogP contribution is -2.46. The molecule has 0 N–H and O–H groups in total. The highest BCUT2D eigenvalue weighted by molar-refractivity contribution is 5.48. The Balaban J connectivity index is 2.14. The molecule has 2 aromatic rings. The van der Waals surface area contributed by atoms with Crippen molar-refractivity contribution in [1.82, 2.24) is 0 Å². The summed E-state index contributed by atoms with van der Waals surface area (Å²) >= 11 is 0. The summed E-state index contributed by atoms with van der Waals surface area (Å²) in [5.41, 5.74) is -4.49. The molecule has 25 heavy (non-hydrogen) atoms. The molecule has 1 aliphatic rings.